The number of carbonyl (C=O) groups is 1. The lowest BCUT2D eigenvalue weighted by molar-refractivity contribution is 0.0981. The van der Waals surface area contributed by atoms with Crippen molar-refractivity contribution < 1.29 is 4.79 Å². The molecule has 0 fully saturated rings. The molecule has 1 nitrogen and oxygen atoms in total. The number of ketones is 1. The Kier molecular flexibility index (Phi) is 7.99. The quantitative estimate of drug-likeness (QED) is 0.340. The van der Waals surface area contributed by atoms with Crippen LogP contribution in [0.25, 0.3) is 0 Å². The summed E-state index contributed by atoms with van der Waals surface area (Å²) < 4.78 is 0. The number of rotatable bonds is 9. The molecular weight excluding hydrogens is 288 g/mol. The number of alkyl halides is 1. The Morgan fingerprint density at radius 3 is 2.44 bits per heavy atom. The highest BCUT2D eigenvalue weighted by molar-refractivity contribution is 9.09. The average molecular weight is 311 g/mol. The van der Waals surface area contributed by atoms with Gasteiger partial charge in [0.05, 0.1) is 0 Å². The van der Waals surface area contributed by atoms with Gasteiger partial charge in [-0.05, 0) is 6.42 Å². The minimum absolute atomic E-state index is 0.242. The molecule has 0 saturated carbocycles. The second kappa shape index (κ2) is 9.32. The van der Waals surface area contributed by atoms with Crippen LogP contribution in [-0.4, -0.2) is 10.6 Å². The average Bonchev–Trinajstić information content (AvgIpc) is 2.39. The van der Waals surface area contributed by atoms with Gasteiger partial charge in [-0.1, -0.05) is 85.3 Å². The third-order valence-corrected chi connectivity index (χ3v) is 3.91. The molecule has 0 amide bonds. The van der Waals surface area contributed by atoms with Gasteiger partial charge in [-0.2, -0.15) is 0 Å². The largest absolute Gasteiger partial charge is 0.294 e. The molecule has 1 aromatic carbocycles. The molecule has 1 aromatic rings. The van der Waals surface area contributed by atoms with E-state index in [2.05, 4.69) is 22.9 Å². The van der Waals surface area contributed by atoms with Crippen molar-refractivity contribution in [2.24, 2.45) is 0 Å². The molecular formula is C16H23BrO. The zero-order chi connectivity index (χ0) is 13.2. The van der Waals surface area contributed by atoms with E-state index in [1.54, 1.807) is 0 Å². The zero-order valence-corrected chi connectivity index (χ0v) is 12.8. The number of benzene rings is 1. The van der Waals surface area contributed by atoms with Gasteiger partial charge in [0.1, 0.15) is 0 Å². The van der Waals surface area contributed by atoms with E-state index in [0.29, 0.717) is 11.2 Å². The highest BCUT2D eigenvalue weighted by Crippen LogP contribution is 2.18. The minimum Gasteiger partial charge on any atom is -0.294 e. The standard InChI is InChI=1S/C16H23BrO/c1-2-3-4-5-9-12-15(17)13-16(18)14-10-7-6-8-11-14/h6-8,10-11,15H,2-5,9,12-13H2,1H3. The summed E-state index contributed by atoms with van der Waals surface area (Å²) in [6.45, 7) is 2.23. The molecule has 100 valence electrons. The van der Waals surface area contributed by atoms with Crippen molar-refractivity contribution in [2.45, 2.75) is 56.7 Å². The minimum atomic E-state index is 0.242. The number of hydrogen-bond acceptors (Lipinski definition) is 1. The van der Waals surface area contributed by atoms with Crippen molar-refractivity contribution in [3.05, 3.63) is 35.9 Å². The first-order chi connectivity index (χ1) is 8.74. The number of halogens is 1. The first-order valence-electron chi connectivity index (χ1n) is 6.96. The predicted octanol–water partition coefficient (Wildman–Crippen LogP) is 5.38. The predicted molar refractivity (Wildman–Crippen MR) is 81.5 cm³/mol. The molecule has 0 spiro atoms. The fraction of sp³-hybridized carbons (Fsp3) is 0.562. The van der Waals surface area contributed by atoms with Crippen LogP contribution in [0.1, 0.15) is 62.2 Å². The van der Waals surface area contributed by atoms with Gasteiger partial charge in [-0.25, -0.2) is 0 Å². The monoisotopic (exact) mass is 310 g/mol. The van der Waals surface area contributed by atoms with Gasteiger partial charge in [0.2, 0.25) is 0 Å². The van der Waals surface area contributed by atoms with E-state index in [1.807, 2.05) is 30.3 Å². The fourth-order valence-corrected chi connectivity index (χ4v) is 2.63. The van der Waals surface area contributed by atoms with Crippen molar-refractivity contribution >= 4 is 21.7 Å². The maximum Gasteiger partial charge on any atom is 0.163 e. The van der Waals surface area contributed by atoms with Gasteiger partial charge >= 0.3 is 0 Å². The van der Waals surface area contributed by atoms with Crippen molar-refractivity contribution in [3.8, 4) is 0 Å². The SMILES string of the molecule is CCCCCCCC(Br)CC(=O)c1ccccc1. The maximum absolute atomic E-state index is 12.0. The van der Waals surface area contributed by atoms with Crippen molar-refractivity contribution in [1.82, 2.24) is 0 Å². The number of Topliss-reactive ketones (excluding diaryl/α,β-unsaturated/α-hetero) is 1. The second-order valence-corrected chi connectivity index (χ2v) is 6.09. The molecule has 2 heteroatoms. The first kappa shape index (κ1) is 15.4. The van der Waals surface area contributed by atoms with Crippen molar-refractivity contribution in [3.63, 3.8) is 0 Å². The third kappa shape index (κ3) is 6.34. The summed E-state index contributed by atoms with van der Waals surface area (Å²) in [6.07, 6.45) is 8.15. The summed E-state index contributed by atoms with van der Waals surface area (Å²) in [7, 11) is 0. The molecule has 1 atom stereocenters. The molecule has 0 radical (unpaired) electrons. The van der Waals surface area contributed by atoms with Crippen LogP contribution in [0.3, 0.4) is 0 Å². The summed E-state index contributed by atoms with van der Waals surface area (Å²) >= 11 is 3.62. The topological polar surface area (TPSA) is 17.1 Å². The van der Waals surface area contributed by atoms with Gasteiger partial charge in [-0.3, -0.25) is 4.79 Å². The Hall–Kier alpha value is -0.630. The third-order valence-electron chi connectivity index (χ3n) is 3.12. The van der Waals surface area contributed by atoms with Gasteiger partial charge < -0.3 is 0 Å². The second-order valence-electron chi connectivity index (χ2n) is 4.79. The summed E-state index contributed by atoms with van der Waals surface area (Å²) in [5.74, 6) is 0.242. The summed E-state index contributed by atoms with van der Waals surface area (Å²) in [5.41, 5.74) is 0.827. The molecule has 0 aliphatic heterocycles. The van der Waals surface area contributed by atoms with Gasteiger partial charge in [0, 0.05) is 16.8 Å². The fourth-order valence-electron chi connectivity index (χ4n) is 2.01. The maximum atomic E-state index is 12.0. The van der Waals surface area contributed by atoms with Crippen LogP contribution in [0.15, 0.2) is 30.3 Å². The Labute approximate surface area is 119 Å². The number of unbranched alkanes of at least 4 members (excludes halogenated alkanes) is 4. The Morgan fingerprint density at radius 2 is 1.78 bits per heavy atom. The van der Waals surface area contributed by atoms with Crippen molar-refractivity contribution in [1.29, 1.82) is 0 Å². The first-order valence-corrected chi connectivity index (χ1v) is 7.88. The molecule has 0 aliphatic rings. The van der Waals surface area contributed by atoms with Crippen LogP contribution >= 0.6 is 15.9 Å². The van der Waals surface area contributed by atoms with E-state index in [1.165, 1.54) is 32.1 Å². The van der Waals surface area contributed by atoms with E-state index in [4.69, 9.17) is 0 Å². The Bertz CT molecular complexity index is 334. The highest BCUT2D eigenvalue weighted by Gasteiger charge is 2.11. The summed E-state index contributed by atoms with van der Waals surface area (Å²) in [4.78, 5) is 12.3. The lowest BCUT2D eigenvalue weighted by Crippen LogP contribution is -2.08. The highest BCUT2D eigenvalue weighted by atomic mass is 79.9. The number of hydrogen-bond donors (Lipinski definition) is 0. The van der Waals surface area contributed by atoms with E-state index in [0.717, 1.165) is 12.0 Å². The van der Waals surface area contributed by atoms with Crippen LogP contribution in [0.5, 0.6) is 0 Å². The Balaban J connectivity index is 2.20. The lowest BCUT2D eigenvalue weighted by Gasteiger charge is -2.08. The van der Waals surface area contributed by atoms with Crippen LogP contribution in [-0.2, 0) is 0 Å². The van der Waals surface area contributed by atoms with E-state index < -0.39 is 0 Å². The molecule has 0 heterocycles. The molecule has 0 aliphatic carbocycles. The van der Waals surface area contributed by atoms with E-state index >= 15 is 0 Å². The molecule has 0 bridgehead atoms. The van der Waals surface area contributed by atoms with E-state index in [-0.39, 0.29) is 5.78 Å². The molecule has 0 N–H and O–H groups in total. The van der Waals surface area contributed by atoms with Gasteiger partial charge in [0.15, 0.2) is 5.78 Å². The van der Waals surface area contributed by atoms with Crippen molar-refractivity contribution in [2.75, 3.05) is 0 Å². The molecule has 0 saturated heterocycles. The smallest absolute Gasteiger partial charge is 0.163 e. The lowest BCUT2D eigenvalue weighted by atomic mass is 10.0. The van der Waals surface area contributed by atoms with Crippen LogP contribution in [0.2, 0.25) is 0 Å². The zero-order valence-electron chi connectivity index (χ0n) is 11.2. The molecule has 18 heavy (non-hydrogen) atoms. The summed E-state index contributed by atoms with van der Waals surface area (Å²) in [5, 5.41) is 0. The normalized spacial score (nSPS) is 12.3. The van der Waals surface area contributed by atoms with E-state index in [9.17, 15) is 4.79 Å². The van der Waals surface area contributed by atoms with Gasteiger partial charge in [0.25, 0.3) is 0 Å². The summed E-state index contributed by atoms with van der Waals surface area (Å²) in [6, 6.07) is 9.56. The van der Waals surface area contributed by atoms with Crippen LogP contribution < -0.4 is 0 Å². The number of carbonyl (C=O) groups excluding carboxylic acids is 1. The molecule has 1 unspecified atom stereocenters. The molecule has 1 rings (SSSR count). The molecule has 0 aromatic heterocycles. The van der Waals surface area contributed by atoms with Crippen LogP contribution in [0.4, 0.5) is 0 Å². The Morgan fingerprint density at radius 1 is 1.11 bits per heavy atom. The van der Waals surface area contributed by atoms with Crippen LogP contribution in [0, 0.1) is 0 Å². The van der Waals surface area contributed by atoms with Gasteiger partial charge in [-0.15, -0.1) is 0 Å².